The Morgan fingerprint density at radius 3 is 2.31 bits per heavy atom. The molecule has 5 nitrogen and oxygen atoms in total. The predicted molar refractivity (Wildman–Crippen MR) is 105 cm³/mol. The minimum absolute atomic E-state index is 0.338. The Balaban J connectivity index is 1.67. The SMILES string of the molecule is COc1ccc(NC(N)=NCc2ccccc2Oc2ccccc2)cc1. The van der Waals surface area contributed by atoms with E-state index in [-0.39, 0.29) is 0 Å². The molecule has 3 aromatic carbocycles. The molecule has 0 saturated heterocycles. The molecule has 3 rings (SSSR count). The van der Waals surface area contributed by atoms with Crippen LogP contribution in [0.1, 0.15) is 5.56 Å². The van der Waals surface area contributed by atoms with E-state index in [0.717, 1.165) is 28.5 Å². The summed E-state index contributed by atoms with van der Waals surface area (Å²) in [4.78, 5) is 4.41. The van der Waals surface area contributed by atoms with Crippen molar-refractivity contribution in [3.8, 4) is 17.2 Å². The monoisotopic (exact) mass is 347 g/mol. The predicted octanol–water partition coefficient (Wildman–Crippen LogP) is 4.41. The number of methoxy groups -OCH3 is 1. The summed E-state index contributed by atoms with van der Waals surface area (Å²) in [5, 5.41) is 3.06. The van der Waals surface area contributed by atoms with Gasteiger partial charge in [-0.05, 0) is 42.5 Å². The summed E-state index contributed by atoms with van der Waals surface area (Å²) in [5.41, 5.74) is 7.80. The Morgan fingerprint density at radius 2 is 1.58 bits per heavy atom. The number of nitrogens with two attached hydrogens (primary N) is 1. The lowest BCUT2D eigenvalue weighted by atomic mass is 10.2. The van der Waals surface area contributed by atoms with Crippen LogP contribution in [0, 0.1) is 0 Å². The normalized spacial score (nSPS) is 11.0. The van der Waals surface area contributed by atoms with Gasteiger partial charge in [-0.25, -0.2) is 4.99 Å². The van der Waals surface area contributed by atoms with Gasteiger partial charge < -0.3 is 20.5 Å². The first-order valence-corrected chi connectivity index (χ1v) is 8.26. The summed E-state index contributed by atoms with van der Waals surface area (Å²) in [6.07, 6.45) is 0. The molecule has 0 radical (unpaired) electrons. The van der Waals surface area contributed by atoms with Crippen molar-refractivity contribution in [1.82, 2.24) is 0 Å². The fourth-order valence-corrected chi connectivity index (χ4v) is 2.38. The van der Waals surface area contributed by atoms with Gasteiger partial charge in [0.05, 0.1) is 13.7 Å². The van der Waals surface area contributed by atoms with Crippen LogP contribution in [-0.4, -0.2) is 13.1 Å². The highest BCUT2D eigenvalue weighted by atomic mass is 16.5. The molecule has 0 amide bonds. The van der Waals surface area contributed by atoms with Crippen molar-refractivity contribution in [3.05, 3.63) is 84.4 Å². The zero-order valence-electron chi connectivity index (χ0n) is 14.6. The van der Waals surface area contributed by atoms with Gasteiger partial charge in [0.15, 0.2) is 5.96 Å². The van der Waals surface area contributed by atoms with Crippen LogP contribution >= 0.6 is 0 Å². The lowest BCUT2D eigenvalue weighted by Crippen LogP contribution is -2.22. The van der Waals surface area contributed by atoms with E-state index >= 15 is 0 Å². The molecule has 0 aliphatic rings. The third-order valence-corrected chi connectivity index (χ3v) is 3.73. The summed E-state index contributed by atoms with van der Waals surface area (Å²) in [6, 6.07) is 24.9. The van der Waals surface area contributed by atoms with Gasteiger partial charge in [-0.3, -0.25) is 0 Å². The average Bonchev–Trinajstić information content (AvgIpc) is 2.69. The Bertz CT molecular complexity index is 862. The third kappa shape index (κ3) is 4.77. The lowest BCUT2D eigenvalue weighted by molar-refractivity contribution is 0.415. The second-order valence-corrected chi connectivity index (χ2v) is 5.58. The maximum absolute atomic E-state index is 5.99. The Kier molecular flexibility index (Phi) is 5.72. The second-order valence-electron chi connectivity index (χ2n) is 5.58. The number of guanidine groups is 1. The van der Waals surface area contributed by atoms with Crippen LogP contribution in [0.2, 0.25) is 0 Å². The minimum atomic E-state index is 0.338. The molecular weight excluding hydrogens is 326 g/mol. The number of para-hydroxylation sites is 2. The van der Waals surface area contributed by atoms with Crippen molar-refractivity contribution < 1.29 is 9.47 Å². The number of rotatable bonds is 6. The first-order chi connectivity index (χ1) is 12.7. The standard InChI is InChI=1S/C21H21N3O2/c1-25-18-13-11-17(12-14-18)24-21(22)23-15-16-7-5-6-10-20(16)26-19-8-3-2-4-9-19/h2-14H,15H2,1H3,(H3,22,23,24). The van der Waals surface area contributed by atoms with Crippen molar-refractivity contribution in [1.29, 1.82) is 0 Å². The Morgan fingerprint density at radius 1 is 0.885 bits per heavy atom. The van der Waals surface area contributed by atoms with E-state index in [0.29, 0.717) is 12.5 Å². The molecule has 0 unspecified atom stereocenters. The topological polar surface area (TPSA) is 68.9 Å². The van der Waals surface area contributed by atoms with Crippen molar-refractivity contribution in [3.63, 3.8) is 0 Å². The van der Waals surface area contributed by atoms with E-state index in [2.05, 4.69) is 10.3 Å². The van der Waals surface area contributed by atoms with Gasteiger partial charge in [-0.15, -0.1) is 0 Å². The van der Waals surface area contributed by atoms with Crippen molar-refractivity contribution in [2.45, 2.75) is 6.54 Å². The number of hydrogen-bond donors (Lipinski definition) is 2. The van der Waals surface area contributed by atoms with Gasteiger partial charge in [0.1, 0.15) is 17.2 Å². The summed E-state index contributed by atoms with van der Waals surface area (Å²) in [6.45, 7) is 0.415. The van der Waals surface area contributed by atoms with Gasteiger partial charge >= 0.3 is 0 Å². The fourth-order valence-electron chi connectivity index (χ4n) is 2.38. The third-order valence-electron chi connectivity index (χ3n) is 3.73. The highest BCUT2D eigenvalue weighted by molar-refractivity contribution is 5.92. The summed E-state index contributed by atoms with van der Waals surface area (Å²) in [5.74, 6) is 2.68. The molecule has 132 valence electrons. The molecule has 26 heavy (non-hydrogen) atoms. The van der Waals surface area contributed by atoms with Crippen LogP contribution in [0.5, 0.6) is 17.2 Å². The van der Waals surface area contributed by atoms with Crippen LogP contribution in [0.3, 0.4) is 0 Å². The number of nitrogens with zero attached hydrogens (tertiary/aromatic N) is 1. The number of hydrogen-bond acceptors (Lipinski definition) is 3. The van der Waals surface area contributed by atoms with E-state index in [1.807, 2.05) is 78.9 Å². The second kappa shape index (κ2) is 8.58. The maximum atomic E-state index is 5.99. The van der Waals surface area contributed by atoms with Crippen LogP contribution in [0.4, 0.5) is 5.69 Å². The Hall–Kier alpha value is -3.47. The van der Waals surface area contributed by atoms with Gasteiger partial charge in [-0.2, -0.15) is 0 Å². The van der Waals surface area contributed by atoms with Crippen LogP contribution in [0.25, 0.3) is 0 Å². The van der Waals surface area contributed by atoms with E-state index in [4.69, 9.17) is 15.2 Å². The molecular formula is C21H21N3O2. The summed E-state index contributed by atoms with van der Waals surface area (Å²) < 4.78 is 11.1. The first kappa shape index (κ1) is 17.4. The molecule has 0 spiro atoms. The molecule has 0 saturated carbocycles. The largest absolute Gasteiger partial charge is 0.497 e. The quantitative estimate of drug-likeness (QED) is 0.512. The molecule has 0 heterocycles. The molecule has 0 atom stereocenters. The number of aliphatic imine (C=N–C) groups is 1. The van der Waals surface area contributed by atoms with Crippen molar-refractivity contribution >= 4 is 11.6 Å². The van der Waals surface area contributed by atoms with Crippen molar-refractivity contribution in [2.75, 3.05) is 12.4 Å². The van der Waals surface area contributed by atoms with Gasteiger partial charge in [0.2, 0.25) is 0 Å². The molecule has 3 N–H and O–H groups in total. The highest BCUT2D eigenvalue weighted by Crippen LogP contribution is 2.25. The van der Waals surface area contributed by atoms with Gasteiger partial charge in [0.25, 0.3) is 0 Å². The number of ether oxygens (including phenoxy) is 2. The molecule has 0 aromatic heterocycles. The van der Waals surface area contributed by atoms with Gasteiger partial charge in [0, 0.05) is 11.3 Å². The molecule has 5 heteroatoms. The molecule has 0 aliphatic heterocycles. The maximum Gasteiger partial charge on any atom is 0.193 e. The fraction of sp³-hybridized carbons (Fsp3) is 0.0952. The van der Waals surface area contributed by atoms with E-state index < -0.39 is 0 Å². The van der Waals surface area contributed by atoms with Crippen LogP contribution < -0.4 is 20.5 Å². The van der Waals surface area contributed by atoms with Gasteiger partial charge in [-0.1, -0.05) is 36.4 Å². The Labute approximate surface area is 153 Å². The van der Waals surface area contributed by atoms with Crippen molar-refractivity contribution in [2.24, 2.45) is 10.7 Å². The number of anilines is 1. The van der Waals surface area contributed by atoms with Crippen LogP contribution in [0.15, 0.2) is 83.9 Å². The smallest absolute Gasteiger partial charge is 0.193 e. The zero-order chi connectivity index (χ0) is 18.2. The molecule has 0 fully saturated rings. The lowest BCUT2D eigenvalue weighted by Gasteiger charge is -2.10. The van der Waals surface area contributed by atoms with E-state index in [1.54, 1.807) is 7.11 Å². The van der Waals surface area contributed by atoms with Crippen LogP contribution in [-0.2, 0) is 6.54 Å². The summed E-state index contributed by atoms with van der Waals surface area (Å²) >= 11 is 0. The molecule has 0 bridgehead atoms. The summed E-state index contributed by atoms with van der Waals surface area (Å²) in [7, 11) is 1.63. The first-order valence-electron chi connectivity index (χ1n) is 8.26. The molecule has 3 aromatic rings. The average molecular weight is 347 g/mol. The molecule has 0 aliphatic carbocycles. The number of nitrogens with one attached hydrogen (secondary N) is 1. The van der Waals surface area contributed by atoms with E-state index in [9.17, 15) is 0 Å². The zero-order valence-corrected chi connectivity index (χ0v) is 14.6. The van der Waals surface area contributed by atoms with E-state index in [1.165, 1.54) is 0 Å². The number of benzene rings is 3. The highest BCUT2D eigenvalue weighted by Gasteiger charge is 2.04. The minimum Gasteiger partial charge on any atom is -0.497 e.